The molecule has 0 atom stereocenters. The first-order valence-corrected chi connectivity index (χ1v) is 5.50. The van der Waals surface area contributed by atoms with Crippen LogP contribution in [0.2, 0.25) is 0 Å². The fraction of sp³-hybridized carbons (Fsp3) is 0.308. The van der Waals surface area contributed by atoms with Gasteiger partial charge in [0.1, 0.15) is 11.5 Å². The van der Waals surface area contributed by atoms with Gasteiger partial charge >= 0.3 is 0 Å². The molecule has 0 aliphatic heterocycles. The van der Waals surface area contributed by atoms with Crippen LogP contribution in [-0.4, -0.2) is 17.1 Å². The third-order valence-corrected chi connectivity index (χ3v) is 2.72. The summed E-state index contributed by atoms with van der Waals surface area (Å²) in [5.41, 5.74) is 2.15. The average molecular weight is 236 g/mol. The molecule has 0 radical (unpaired) electrons. The summed E-state index contributed by atoms with van der Waals surface area (Å²) in [7, 11) is 1.52. The fourth-order valence-corrected chi connectivity index (χ4v) is 1.72. The van der Waals surface area contributed by atoms with E-state index in [0.29, 0.717) is 23.1 Å². The zero-order valence-electron chi connectivity index (χ0n) is 10.1. The van der Waals surface area contributed by atoms with Crippen molar-refractivity contribution in [3.8, 4) is 17.1 Å². The second kappa shape index (κ2) is 4.57. The molecule has 2 rings (SSSR count). The van der Waals surface area contributed by atoms with Crippen molar-refractivity contribution >= 4 is 0 Å². The van der Waals surface area contributed by atoms with E-state index in [1.165, 1.54) is 19.5 Å². The molecule has 1 N–H and O–H groups in total. The highest BCUT2D eigenvalue weighted by Gasteiger charge is 2.14. The summed E-state index contributed by atoms with van der Waals surface area (Å²) in [6.45, 7) is 4.14. The summed E-state index contributed by atoms with van der Waals surface area (Å²) in [6, 6.07) is 5.10. The minimum atomic E-state index is -0.281. The van der Waals surface area contributed by atoms with Gasteiger partial charge in [0.25, 0.3) is 0 Å². The third-order valence-electron chi connectivity index (χ3n) is 2.72. The monoisotopic (exact) mass is 236 g/mol. The molecule has 0 amide bonds. The minimum Gasteiger partial charge on any atom is -0.479 e. The van der Waals surface area contributed by atoms with Crippen LogP contribution in [0.15, 0.2) is 24.5 Å². The van der Waals surface area contributed by atoms with Gasteiger partial charge in [-0.15, -0.1) is 0 Å². The molecule has 0 fully saturated rings. The Balaban J connectivity index is 0.00000162. The largest absolute Gasteiger partial charge is 0.479 e. The van der Waals surface area contributed by atoms with Crippen LogP contribution >= 0.6 is 0 Å². The SMILES string of the molecule is COc1nc[nH]c1-c1cc(C(C)C)ccc1F.[HH]. The van der Waals surface area contributed by atoms with Gasteiger partial charge in [-0.1, -0.05) is 19.9 Å². The molecule has 1 heterocycles. The molecule has 0 spiro atoms. The predicted octanol–water partition coefficient (Wildman–Crippen LogP) is 3.59. The summed E-state index contributed by atoms with van der Waals surface area (Å²) < 4.78 is 18.9. The first-order chi connectivity index (χ1) is 8.13. The van der Waals surface area contributed by atoms with E-state index in [4.69, 9.17) is 4.74 Å². The molecule has 0 bridgehead atoms. The van der Waals surface area contributed by atoms with E-state index in [2.05, 4.69) is 23.8 Å². The lowest BCUT2D eigenvalue weighted by molar-refractivity contribution is 0.401. The highest BCUT2D eigenvalue weighted by molar-refractivity contribution is 5.66. The maximum atomic E-state index is 13.8. The number of imidazole rings is 1. The van der Waals surface area contributed by atoms with Crippen molar-refractivity contribution in [1.82, 2.24) is 9.97 Å². The molecule has 2 aromatic rings. The van der Waals surface area contributed by atoms with Gasteiger partial charge in [0.15, 0.2) is 0 Å². The number of aromatic amines is 1. The van der Waals surface area contributed by atoms with Crippen LogP contribution in [0.4, 0.5) is 4.39 Å². The molecule has 0 saturated carbocycles. The van der Waals surface area contributed by atoms with Crippen molar-refractivity contribution in [1.29, 1.82) is 0 Å². The van der Waals surface area contributed by atoms with Gasteiger partial charge in [-0.25, -0.2) is 9.37 Å². The van der Waals surface area contributed by atoms with Crippen LogP contribution in [0.3, 0.4) is 0 Å². The van der Waals surface area contributed by atoms with E-state index < -0.39 is 0 Å². The summed E-state index contributed by atoms with van der Waals surface area (Å²) in [4.78, 5) is 6.89. The first-order valence-electron chi connectivity index (χ1n) is 5.50. The van der Waals surface area contributed by atoms with Crippen molar-refractivity contribution < 1.29 is 10.6 Å². The number of halogens is 1. The third kappa shape index (κ3) is 2.16. The highest BCUT2D eigenvalue weighted by Crippen LogP contribution is 2.30. The number of hydrogen-bond donors (Lipinski definition) is 1. The minimum absolute atomic E-state index is 0. The highest BCUT2D eigenvalue weighted by atomic mass is 19.1. The lowest BCUT2D eigenvalue weighted by atomic mass is 9.99. The maximum Gasteiger partial charge on any atom is 0.239 e. The molecule has 92 valence electrons. The molecule has 4 heteroatoms. The van der Waals surface area contributed by atoms with E-state index in [0.717, 1.165) is 5.56 Å². The van der Waals surface area contributed by atoms with Crippen LogP contribution in [0.1, 0.15) is 26.8 Å². The molecule has 1 aromatic carbocycles. The molecular formula is C13H17FN2O. The smallest absolute Gasteiger partial charge is 0.239 e. The van der Waals surface area contributed by atoms with Crippen molar-refractivity contribution in [2.75, 3.05) is 7.11 Å². The average Bonchev–Trinajstić information content (AvgIpc) is 2.77. The Hall–Kier alpha value is -1.84. The standard InChI is InChI=1S/C13H15FN2O.H2/c1-8(2)9-4-5-11(14)10(6-9)12-13(17-3)16-7-15-12;/h4-8H,1-3H3,(H,15,16);1H. The Morgan fingerprint density at radius 2 is 2.18 bits per heavy atom. The zero-order chi connectivity index (χ0) is 12.4. The molecule has 1 aromatic heterocycles. The van der Waals surface area contributed by atoms with Gasteiger partial charge in [-0.2, -0.15) is 0 Å². The van der Waals surface area contributed by atoms with Crippen molar-refractivity contribution in [3.63, 3.8) is 0 Å². The van der Waals surface area contributed by atoms with E-state index in [9.17, 15) is 4.39 Å². The van der Waals surface area contributed by atoms with Gasteiger partial charge in [-0.05, 0) is 23.6 Å². The predicted molar refractivity (Wildman–Crippen MR) is 66.7 cm³/mol. The number of ether oxygens (including phenoxy) is 1. The Kier molecular flexibility index (Phi) is 3.13. The molecule has 0 aliphatic rings. The molecule has 0 aliphatic carbocycles. The lowest BCUT2D eigenvalue weighted by Crippen LogP contribution is -1.93. The van der Waals surface area contributed by atoms with Crippen LogP contribution in [0.25, 0.3) is 11.3 Å². The van der Waals surface area contributed by atoms with Crippen LogP contribution in [0, 0.1) is 5.82 Å². The summed E-state index contributed by atoms with van der Waals surface area (Å²) in [6.07, 6.45) is 1.50. The van der Waals surface area contributed by atoms with Crippen LogP contribution in [0.5, 0.6) is 5.88 Å². The van der Waals surface area contributed by atoms with Gasteiger partial charge in [0, 0.05) is 6.99 Å². The first kappa shape index (κ1) is 11.6. The van der Waals surface area contributed by atoms with Crippen LogP contribution in [-0.2, 0) is 0 Å². The normalized spacial score (nSPS) is 10.9. The second-order valence-corrected chi connectivity index (χ2v) is 4.18. The number of methoxy groups -OCH3 is 1. The van der Waals surface area contributed by atoms with Gasteiger partial charge in [0.05, 0.1) is 13.4 Å². The van der Waals surface area contributed by atoms with E-state index in [1.807, 2.05) is 6.07 Å². The van der Waals surface area contributed by atoms with Crippen molar-refractivity contribution in [3.05, 3.63) is 35.9 Å². The number of hydrogen-bond acceptors (Lipinski definition) is 2. The number of benzene rings is 1. The number of nitrogens with zero attached hydrogens (tertiary/aromatic N) is 1. The van der Waals surface area contributed by atoms with E-state index in [1.54, 1.807) is 6.07 Å². The van der Waals surface area contributed by atoms with Gasteiger partial charge in [-0.3, -0.25) is 0 Å². The molecule has 0 saturated heterocycles. The zero-order valence-corrected chi connectivity index (χ0v) is 10.1. The number of rotatable bonds is 3. The number of nitrogens with one attached hydrogen (secondary N) is 1. The summed E-state index contributed by atoms with van der Waals surface area (Å²) in [5.74, 6) is 0.477. The van der Waals surface area contributed by atoms with Crippen molar-refractivity contribution in [2.24, 2.45) is 0 Å². The number of aromatic nitrogens is 2. The Bertz CT molecular complexity index is 525. The Labute approximate surface area is 101 Å². The molecule has 0 unspecified atom stereocenters. The van der Waals surface area contributed by atoms with Gasteiger partial charge < -0.3 is 9.72 Å². The quantitative estimate of drug-likeness (QED) is 0.884. The molecule has 17 heavy (non-hydrogen) atoms. The van der Waals surface area contributed by atoms with E-state index in [-0.39, 0.29) is 7.24 Å². The Morgan fingerprint density at radius 1 is 1.41 bits per heavy atom. The fourth-order valence-electron chi connectivity index (χ4n) is 1.72. The van der Waals surface area contributed by atoms with Crippen LogP contribution < -0.4 is 4.74 Å². The van der Waals surface area contributed by atoms with Gasteiger partial charge in [0.2, 0.25) is 5.88 Å². The summed E-state index contributed by atoms with van der Waals surface area (Å²) in [5, 5.41) is 0. The summed E-state index contributed by atoms with van der Waals surface area (Å²) >= 11 is 0. The topological polar surface area (TPSA) is 37.9 Å². The Morgan fingerprint density at radius 3 is 2.82 bits per heavy atom. The molecule has 3 nitrogen and oxygen atoms in total. The molecular weight excluding hydrogens is 219 g/mol. The number of H-pyrrole nitrogens is 1. The lowest BCUT2D eigenvalue weighted by Gasteiger charge is -2.09. The van der Waals surface area contributed by atoms with Crippen molar-refractivity contribution in [2.45, 2.75) is 19.8 Å². The maximum absolute atomic E-state index is 13.8. The van der Waals surface area contributed by atoms with E-state index >= 15 is 0 Å². The second-order valence-electron chi connectivity index (χ2n) is 4.18.